The average molecular weight is 821 g/mol. The lowest BCUT2D eigenvalue weighted by atomic mass is 10.0. The number of para-hydroxylation sites is 1. The third kappa shape index (κ3) is 10.9. The fraction of sp³-hybridized carbons (Fsp3) is 0.250. The van der Waals surface area contributed by atoms with E-state index in [0.29, 0.717) is 41.8 Å². The van der Waals surface area contributed by atoms with E-state index >= 15 is 0 Å². The number of fused-ring (bicyclic) bond motifs is 3. The molecule has 0 radical (unpaired) electrons. The second-order valence-corrected chi connectivity index (χ2v) is 14.6. The molecule has 1 aliphatic heterocycles. The highest BCUT2D eigenvalue weighted by Gasteiger charge is 2.33. The van der Waals surface area contributed by atoms with Gasteiger partial charge in [0, 0.05) is 36.4 Å². The van der Waals surface area contributed by atoms with Crippen LogP contribution in [0.2, 0.25) is 0 Å². The molecule has 5 aromatic carbocycles. The van der Waals surface area contributed by atoms with Crippen molar-refractivity contribution < 1.29 is 33.4 Å². The van der Waals surface area contributed by atoms with Crippen LogP contribution < -0.4 is 10.6 Å². The van der Waals surface area contributed by atoms with Crippen molar-refractivity contribution in [1.29, 1.82) is 0 Å². The van der Waals surface area contributed by atoms with E-state index in [0.717, 1.165) is 28.0 Å². The standard InChI is InChI=1S/C48H48N6O7/c1-2-59-43(55)24-25-53(39-16-10-5-11-17-39)48(58)38-22-23-41-40(29-38)51-47-42(52(26-27-54(41)47)31-45(57)61-33-36-14-8-4-9-15-36)28-34-18-20-37(21-19-34)46(49)50-30-44(56)60-32-35-12-6-3-7-13-35/h3-23,29,42H,2,24-28,30-33H2,1H3,(H2,49,50). The first-order valence-electron chi connectivity index (χ1n) is 20.3. The summed E-state index contributed by atoms with van der Waals surface area (Å²) in [5, 5.41) is 0. The number of esters is 3. The summed E-state index contributed by atoms with van der Waals surface area (Å²) < 4.78 is 18.3. The van der Waals surface area contributed by atoms with Crippen LogP contribution in [0.3, 0.4) is 0 Å². The minimum absolute atomic E-state index is 0.0466. The maximum Gasteiger partial charge on any atom is 0.328 e. The van der Waals surface area contributed by atoms with Crippen molar-refractivity contribution in [1.82, 2.24) is 14.5 Å². The van der Waals surface area contributed by atoms with E-state index in [1.807, 2.05) is 121 Å². The molecule has 1 unspecified atom stereocenters. The Balaban J connectivity index is 1.11. The van der Waals surface area contributed by atoms with E-state index in [1.54, 1.807) is 24.0 Å². The molecule has 6 aromatic rings. The molecule has 1 aliphatic rings. The molecule has 0 spiro atoms. The van der Waals surface area contributed by atoms with Crippen molar-refractivity contribution in [2.24, 2.45) is 10.7 Å². The van der Waals surface area contributed by atoms with Crippen LogP contribution in [-0.4, -0.2) is 76.9 Å². The summed E-state index contributed by atoms with van der Waals surface area (Å²) in [4.78, 5) is 65.1. The first-order valence-corrected chi connectivity index (χ1v) is 20.3. The number of carbonyl (C=O) groups excluding carboxylic acids is 4. The van der Waals surface area contributed by atoms with Gasteiger partial charge in [-0.25, -0.2) is 4.98 Å². The van der Waals surface area contributed by atoms with Gasteiger partial charge in [-0.3, -0.25) is 29.1 Å². The van der Waals surface area contributed by atoms with Gasteiger partial charge in [0.25, 0.3) is 5.91 Å². The van der Waals surface area contributed by atoms with Gasteiger partial charge in [0.2, 0.25) is 0 Å². The number of ether oxygens (including phenoxy) is 3. The number of rotatable bonds is 17. The van der Waals surface area contributed by atoms with Crippen LogP contribution in [-0.2, 0) is 54.8 Å². The molecule has 2 heterocycles. The van der Waals surface area contributed by atoms with Crippen LogP contribution in [0.25, 0.3) is 11.0 Å². The Kier molecular flexibility index (Phi) is 13.9. The maximum absolute atomic E-state index is 14.1. The Morgan fingerprint density at radius 2 is 1.34 bits per heavy atom. The monoisotopic (exact) mass is 820 g/mol. The highest BCUT2D eigenvalue weighted by Crippen LogP contribution is 2.33. The number of carbonyl (C=O) groups is 4. The molecule has 1 amide bonds. The summed E-state index contributed by atoms with van der Waals surface area (Å²) in [6.07, 6.45) is 0.546. The number of anilines is 1. The van der Waals surface area contributed by atoms with Gasteiger partial charge in [-0.05, 0) is 60.4 Å². The summed E-state index contributed by atoms with van der Waals surface area (Å²) in [6, 6.07) is 40.9. The van der Waals surface area contributed by atoms with Crippen molar-refractivity contribution in [3.63, 3.8) is 0 Å². The zero-order valence-electron chi connectivity index (χ0n) is 34.0. The minimum Gasteiger partial charge on any atom is -0.466 e. The quantitative estimate of drug-likeness (QED) is 0.0471. The molecule has 7 rings (SSSR count). The van der Waals surface area contributed by atoms with Crippen LogP contribution in [0.4, 0.5) is 5.69 Å². The molecular weight excluding hydrogens is 773 g/mol. The number of nitrogens with zero attached hydrogens (tertiary/aromatic N) is 5. The van der Waals surface area contributed by atoms with Crippen LogP contribution >= 0.6 is 0 Å². The molecule has 0 fully saturated rings. The van der Waals surface area contributed by atoms with Gasteiger partial charge in [-0.1, -0.05) is 103 Å². The largest absolute Gasteiger partial charge is 0.466 e. The normalized spacial score (nSPS) is 13.9. The second-order valence-electron chi connectivity index (χ2n) is 14.6. The molecule has 2 N–H and O–H groups in total. The number of hydrogen-bond donors (Lipinski definition) is 1. The summed E-state index contributed by atoms with van der Waals surface area (Å²) in [7, 11) is 0. The maximum atomic E-state index is 14.1. The summed E-state index contributed by atoms with van der Waals surface area (Å²) in [5.74, 6) is -0.516. The fourth-order valence-electron chi connectivity index (χ4n) is 7.29. The zero-order valence-corrected chi connectivity index (χ0v) is 34.0. The Hall–Kier alpha value is -7.12. The molecular formula is C48H48N6O7. The van der Waals surface area contributed by atoms with Crippen molar-refractivity contribution in [3.05, 3.63) is 167 Å². The minimum atomic E-state index is -0.481. The van der Waals surface area contributed by atoms with Gasteiger partial charge in [0.05, 0.1) is 36.6 Å². The zero-order chi connectivity index (χ0) is 42.6. The number of aliphatic imine (C=N–C) groups is 1. The van der Waals surface area contributed by atoms with E-state index in [1.165, 1.54) is 0 Å². The van der Waals surface area contributed by atoms with Gasteiger partial charge in [0.1, 0.15) is 31.4 Å². The van der Waals surface area contributed by atoms with Gasteiger partial charge in [0.15, 0.2) is 0 Å². The van der Waals surface area contributed by atoms with E-state index in [-0.39, 0.29) is 75.6 Å². The molecule has 1 aromatic heterocycles. The number of nitrogens with two attached hydrogens (primary N) is 1. The lowest BCUT2D eigenvalue weighted by Crippen LogP contribution is -2.42. The van der Waals surface area contributed by atoms with Crippen LogP contribution in [0, 0.1) is 0 Å². The van der Waals surface area contributed by atoms with E-state index < -0.39 is 5.97 Å². The van der Waals surface area contributed by atoms with Crippen molar-refractivity contribution in [3.8, 4) is 0 Å². The van der Waals surface area contributed by atoms with Gasteiger partial charge < -0.3 is 29.4 Å². The number of amides is 1. The van der Waals surface area contributed by atoms with Crippen molar-refractivity contribution >= 4 is 46.4 Å². The first-order chi connectivity index (χ1) is 29.7. The smallest absolute Gasteiger partial charge is 0.328 e. The van der Waals surface area contributed by atoms with Crippen molar-refractivity contribution in [2.75, 3.05) is 37.7 Å². The number of hydrogen-bond acceptors (Lipinski definition) is 10. The Labute approximate surface area is 354 Å². The number of imidazole rings is 1. The Morgan fingerprint density at radius 3 is 2.00 bits per heavy atom. The third-order valence-electron chi connectivity index (χ3n) is 10.4. The van der Waals surface area contributed by atoms with Crippen LogP contribution in [0.5, 0.6) is 0 Å². The molecule has 312 valence electrons. The fourth-order valence-corrected chi connectivity index (χ4v) is 7.29. The first kappa shape index (κ1) is 42.0. The number of amidine groups is 1. The SMILES string of the molecule is CCOC(=O)CCN(C(=O)c1ccc2c(c1)nc1n2CCN(CC(=O)OCc2ccccc2)C1Cc1ccc(C(N)=NCC(=O)OCc2ccccc2)cc1)c1ccccc1. The molecule has 13 heteroatoms. The summed E-state index contributed by atoms with van der Waals surface area (Å²) >= 11 is 0. The molecule has 1 atom stereocenters. The van der Waals surface area contributed by atoms with E-state index in [9.17, 15) is 19.2 Å². The number of aromatic nitrogens is 2. The molecule has 0 saturated heterocycles. The molecule has 61 heavy (non-hydrogen) atoms. The highest BCUT2D eigenvalue weighted by atomic mass is 16.5. The van der Waals surface area contributed by atoms with Crippen LogP contribution in [0.1, 0.15) is 57.8 Å². The number of benzene rings is 5. The lowest BCUT2D eigenvalue weighted by molar-refractivity contribution is -0.147. The topological polar surface area (TPSA) is 159 Å². The third-order valence-corrected chi connectivity index (χ3v) is 10.4. The summed E-state index contributed by atoms with van der Waals surface area (Å²) in [6.45, 7) is 3.45. The molecule has 13 nitrogen and oxygen atoms in total. The van der Waals surface area contributed by atoms with Crippen molar-refractivity contribution in [2.45, 2.75) is 45.6 Å². The van der Waals surface area contributed by atoms with E-state index in [4.69, 9.17) is 24.9 Å². The molecule has 0 saturated carbocycles. The van der Waals surface area contributed by atoms with Crippen LogP contribution in [0.15, 0.2) is 138 Å². The van der Waals surface area contributed by atoms with E-state index in [2.05, 4.69) is 14.5 Å². The average Bonchev–Trinajstić information content (AvgIpc) is 3.67. The second kappa shape index (κ2) is 20.2. The predicted octanol–water partition coefficient (Wildman–Crippen LogP) is 6.43. The summed E-state index contributed by atoms with van der Waals surface area (Å²) in [5.41, 5.74) is 12.3. The molecule has 0 aliphatic carbocycles. The molecule has 0 bridgehead atoms. The van der Waals surface area contributed by atoms with Gasteiger partial charge >= 0.3 is 17.9 Å². The van der Waals surface area contributed by atoms with Gasteiger partial charge in [-0.2, -0.15) is 0 Å². The van der Waals surface area contributed by atoms with Gasteiger partial charge in [-0.15, -0.1) is 0 Å². The Morgan fingerprint density at radius 1 is 0.721 bits per heavy atom. The highest BCUT2D eigenvalue weighted by molar-refractivity contribution is 6.08. The Bertz CT molecular complexity index is 2470. The predicted molar refractivity (Wildman–Crippen MR) is 232 cm³/mol. The lowest BCUT2D eigenvalue weighted by Gasteiger charge is -2.35.